The van der Waals surface area contributed by atoms with E-state index in [2.05, 4.69) is 24.8 Å². The van der Waals surface area contributed by atoms with E-state index in [0.717, 1.165) is 30.9 Å². The summed E-state index contributed by atoms with van der Waals surface area (Å²) in [6, 6.07) is 6.07. The number of nitrogens with zero attached hydrogens (tertiary/aromatic N) is 1. The lowest BCUT2D eigenvalue weighted by Gasteiger charge is -2.44. The van der Waals surface area contributed by atoms with Gasteiger partial charge in [0, 0.05) is 17.8 Å². The summed E-state index contributed by atoms with van der Waals surface area (Å²) < 4.78 is 5.53. The lowest BCUT2D eigenvalue weighted by atomic mass is 9.99. The Hall–Kier alpha value is -1.55. The topological polar surface area (TPSA) is 62.3 Å². The van der Waals surface area contributed by atoms with E-state index in [4.69, 9.17) is 15.9 Å². The van der Waals surface area contributed by atoms with Gasteiger partial charge in [0.15, 0.2) is 0 Å². The second-order valence-corrected chi connectivity index (χ2v) is 5.43. The highest BCUT2D eigenvalue weighted by atomic mass is 16.5. The van der Waals surface area contributed by atoms with Crippen LogP contribution in [-0.2, 0) is 4.74 Å². The first kappa shape index (κ1) is 12.9. The molecule has 98 valence electrons. The normalized spacial score (nSPS) is 18.7. The van der Waals surface area contributed by atoms with Crippen LogP contribution >= 0.6 is 0 Å². The summed E-state index contributed by atoms with van der Waals surface area (Å²) in [7, 11) is 0. The first-order chi connectivity index (χ1) is 8.42. The van der Waals surface area contributed by atoms with Crippen LogP contribution in [0.5, 0.6) is 0 Å². The van der Waals surface area contributed by atoms with Crippen LogP contribution in [-0.4, -0.2) is 31.1 Å². The summed E-state index contributed by atoms with van der Waals surface area (Å²) in [6.07, 6.45) is 0. The van der Waals surface area contributed by atoms with Gasteiger partial charge in [0.25, 0.3) is 0 Å². The molecule has 0 saturated carbocycles. The second-order valence-electron chi connectivity index (χ2n) is 5.43. The summed E-state index contributed by atoms with van der Waals surface area (Å²) in [6.45, 7) is 8.75. The lowest BCUT2D eigenvalue weighted by Crippen LogP contribution is -2.53. The molecule has 1 aromatic carbocycles. The SMILES string of the molecule is Cc1cc(N2CCOCC2(C)C)ccc1C(=N)N. The minimum Gasteiger partial charge on any atom is -0.384 e. The average molecular weight is 247 g/mol. The van der Waals surface area contributed by atoms with E-state index in [1.807, 2.05) is 19.1 Å². The van der Waals surface area contributed by atoms with Crippen LogP contribution in [0, 0.1) is 12.3 Å². The number of ether oxygens (including phenoxy) is 1. The standard InChI is InChI=1S/C14H21N3O/c1-10-8-11(4-5-12(10)13(15)16)17-6-7-18-9-14(17,2)3/h4-5,8H,6-7,9H2,1-3H3,(H3,15,16). The molecule has 0 radical (unpaired) electrons. The first-order valence-electron chi connectivity index (χ1n) is 6.22. The summed E-state index contributed by atoms with van der Waals surface area (Å²) in [5, 5.41) is 7.51. The fourth-order valence-electron chi connectivity index (χ4n) is 2.45. The molecule has 1 aliphatic heterocycles. The van der Waals surface area contributed by atoms with Crippen molar-refractivity contribution in [1.82, 2.24) is 0 Å². The Bertz CT molecular complexity index is 468. The molecule has 0 atom stereocenters. The Labute approximate surface area is 108 Å². The minimum absolute atomic E-state index is 0.00241. The molecule has 1 aliphatic rings. The molecule has 0 unspecified atom stereocenters. The van der Waals surface area contributed by atoms with E-state index in [1.165, 1.54) is 5.69 Å². The molecule has 1 aromatic rings. The van der Waals surface area contributed by atoms with Gasteiger partial charge in [-0.25, -0.2) is 0 Å². The van der Waals surface area contributed by atoms with Crippen LogP contribution in [0.1, 0.15) is 25.0 Å². The van der Waals surface area contributed by atoms with Crippen LogP contribution in [0.15, 0.2) is 18.2 Å². The van der Waals surface area contributed by atoms with Crippen LogP contribution in [0.2, 0.25) is 0 Å². The van der Waals surface area contributed by atoms with Crippen molar-refractivity contribution in [2.24, 2.45) is 5.73 Å². The highest BCUT2D eigenvalue weighted by Crippen LogP contribution is 2.28. The van der Waals surface area contributed by atoms with Gasteiger partial charge in [0.1, 0.15) is 5.84 Å². The lowest BCUT2D eigenvalue weighted by molar-refractivity contribution is 0.0644. The predicted octanol–water partition coefficient (Wildman–Crippen LogP) is 1.89. The van der Waals surface area contributed by atoms with E-state index >= 15 is 0 Å². The van der Waals surface area contributed by atoms with E-state index < -0.39 is 0 Å². The number of morpholine rings is 1. The van der Waals surface area contributed by atoms with Gasteiger partial charge in [-0.1, -0.05) is 0 Å². The minimum atomic E-state index is 0.00241. The molecule has 3 N–H and O–H groups in total. The van der Waals surface area contributed by atoms with Crippen molar-refractivity contribution in [3.8, 4) is 0 Å². The molecule has 0 bridgehead atoms. The number of benzene rings is 1. The number of hydrogen-bond donors (Lipinski definition) is 2. The molecule has 2 rings (SSSR count). The number of hydrogen-bond acceptors (Lipinski definition) is 3. The Morgan fingerprint density at radius 1 is 1.44 bits per heavy atom. The maximum atomic E-state index is 7.51. The summed E-state index contributed by atoms with van der Waals surface area (Å²) in [5.41, 5.74) is 8.57. The molecule has 18 heavy (non-hydrogen) atoms. The van der Waals surface area contributed by atoms with E-state index in [1.54, 1.807) is 0 Å². The Kier molecular flexibility index (Phi) is 3.30. The zero-order chi connectivity index (χ0) is 13.3. The van der Waals surface area contributed by atoms with Crippen molar-refractivity contribution in [3.05, 3.63) is 29.3 Å². The van der Waals surface area contributed by atoms with Crippen molar-refractivity contribution in [3.63, 3.8) is 0 Å². The van der Waals surface area contributed by atoms with Gasteiger partial charge >= 0.3 is 0 Å². The number of nitrogens with one attached hydrogen (secondary N) is 1. The first-order valence-corrected chi connectivity index (χ1v) is 6.22. The number of rotatable bonds is 2. The number of nitrogens with two attached hydrogens (primary N) is 1. The van der Waals surface area contributed by atoms with Gasteiger partial charge in [-0.05, 0) is 44.5 Å². The van der Waals surface area contributed by atoms with E-state index in [-0.39, 0.29) is 11.4 Å². The third-order valence-electron chi connectivity index (χ3n) is 3.46. The van der Waals surface area contributed by atoms with Crippen LogP contribution in [0.4, 0.5) is 5.69 Å². The molecular formula is C14H21N3O. The zero-order valence-corrected chi connectivity index (χ0v) is 11.3. The van der Waals surface area contributed by atoms with Crippen LogP contribution in [0.25, 0.3) is 0 Å². The molecule has 4 nitrogen and oxygen atoms in total. The molecule has 1 fully saturated rings. The number of nitrogen functional groups attached to an aromatic ring is 1. The molecule has 0 aliphatic carbocycles. The maximum absolute atomic E-state index is 7.51. The van der Waals surface area contributed by atoms with Gasteiger partial charge < -0.3 is 15.4 Å². The molecule has 1 saturated heterocycles. The number of aryl methyl sites for hydroxylation is 1. The van der Waals surface area contributed by atoms with Crippen molar-refractivity contribution in [2.45, 2.75) is 26.3 Å². The van der Waals surface area contributed by atoms with E-state index in [9.17, 15) is 0 Å². The van der Waals surface area contributed by atoms with Crippen molar-refractivity contribution in [2.75, 3.05) is 24.7 Å². The smallest absolute Gasteiger partial charge is 0.123 e. The highest BCUT2D eigenvalue weighted by Gasteiger charge is 2.30. The Morgan fingerprint density at radius 2 is 2.17 bits per heavy atom. The summed E-state index contributed by atoms with van der Waals surface area (Å²) in [5.74, 6) is 0.125. The molecule has 0 aromatic heterocycles. The third-order valence-corrected chi connectivity index (χ3v) is 3.46. The quantitative estimate of drug-likeness (QED) is 0.619. The van der Waals surface area contributed by atoms with Gasteiger partial charge in [0.05, 0.1) is 18.8 Å². The largest absolute Gasteiger partial charge is 0.384 e. The summed E-state index contributed by atoms with van der Waals surface area (Å²) in [4.78, 5) is 2.35. The average Bonchev–Trinajstić information content (AvgIpc) is 2.27. The monoisotopic (exact) mass is 247 g/mol. The van der Waals surface area contributed by atoms with Gasteiger partial charge in [-0.2, -0.15) is 0 Å². The summed E-state index contributed by atoms with van der Waals surface area (Å²) >= 11 is 0. The highest BCUT2D eigenvalue weighted by molar-refractivity contribution is 5.96. The van der Waals surface area contributed by atoms with Crippen LogP contribution in [0.3, 0.4) is 0 Å². The molecule has 0 amide bonds. The maximum Gasteiger partial charge on any atom is 0.123 e. The zero-order valence-electron chi connectivity index (χ0n) is 11.3. The van der Waals surface area contributed by atoms with Gasteiger partial charge in [-0.3, -0.25) is 5.41 Å². The molecule has 4 heteroatoms. The van der Waals surface area contributed by atoms with Gasteiger partial charge in [-0.15, -0.1) is 0 Å². The third kappa shape index (κ3) is 2.34. The van der Waals surface area contributed by atoms with Crippen LogP contribution < -0.4 is 10.6 Å². The predicted molar refractivity (Wildman–Crippen MR) is 74.4 cm³/mol. The van der Waals surface area contributed by atoms with Crippen molar-refractivity contribution < 1.29 is 4.74 Å². The van der Waals surface area contributed by atoms with E-state index in [0.29, 0.717) is 0 Å². The van der Waals surface area contributed by atoms with Crippen molar-refractivity contribution in [1.29, 1.82) is 5.41 Å². The molecule has 0 spiro atoms. The Balaban J connectivity index is 2.34. The fraction of sp³-hybridized carbons (Fsp3) is 0.500. The van der Waals surface area contributed by atoms with Gasteiger partial charge in [0.2, 0.25) is 0 Å². The second kappa shape index (κ2) is 4.61. The van der Waals surface area contributed by atoms with Crippen molar-refractivity contribution >= 4 is 11.5 Å². The number of anilines is 1. The number of amidine groups is 1. The molecule has 1 heterocycles. The Morgan fingerprint density at radius 3 is 2.72 bits per heavy atom. The molecular weight excluding hydrogens is 226 g/mol. The fourth-order valence-corrected chi connectivity index (χ4v) is 2.45.